The first kappa shape index (κ1) is 19.5. The molecule has 0 unspecified atom stereocenters. The topological polar surface area (TPSA) is 83.1 Å². The summed E-state index contributed by atoms with van der Waals surface area (Å²) >= 11 is 0. The van der Waals surface area contributed by atoms with Gasteiger partial charge in [-0.15, -0.1) is 0 Å². The molecule has 31 heavy (non-hydrogen) atoms. The monoisotopic (exact) mass is 421 g/mol. The maximum absolute atomic E-state index is 13.4. The van der Waals surface area contributed by atoms with Crippen LogP contribution in [0.1, 0.15) is 42.2 Å². The second-order valence-electron chi connectivity index (χ2n) is 7.95. The van der Waals surface area contributed by atoms with Crippen LogP contribution in [0.2, 0.25) is 0 Å². The molecular formula is C24H23NO6. The number of carbonyl (C=O) groups is 2. The maximum atomic E-state index is 13.4. The first-order valence-electron chi connectivity index (χ1n) is 10.2. The van der Waals surface area contributed by atoms with Gasteiger partial charge in [0.25, 0.3) is 0 Å². The van der Waals surface area contributed by atoms with Crippen molar-refractivity contribution >= 4 is 11.7 Å². The summed E-state index contributed by atoms with van der Waals surface area (Å²) in [4.78, 5) is 25.9. The normalized spacial score (nSPS) is 22.1. The van der Waals surface area contributed by atoms with Crippen molar-refractivity contribution in [1.29, 1.82) is 0 Å². The van der Waals surface area contributed by atoms with E-state index in [9.17, 15) is 9.59 Å². The lowest BCUT2D eigenvalue weighted by Gasteiger charge is -2.35. The van der Waals surface area contributed by atoms with Gasteiger partial charge in [-0.05, 0) is 42.3 Å². The van der Waals surface area contributed by atoms with E-state index in [0.717, 1.165) is 11.1 Å². The van der Waals surface area contributed by atoms with Crippen molar-refractivity contribution in [2.24, 2.45) is 0 Å². The number of amides is 1. The van der Waals surface area contributed by atoms with Crippen molar-refractivity contribution < 1.29 is 28.5 Å². The summed E-state index contributed by atoms with van der Waals surface area (Å²) in [7, 11) is 3.22. The number of ether oxygens (including phenoxy) is 4. The summed E-state index contributed by atoms with van der Waals surface area (Å²) in [5, 5.41) is 2.96. The minimum Gasteiger partial charge on any atom is -0.497 e. The third-order valence-electron chi connectivity index (χ3n) is 6.21. The molecule has 1 aliphatic carbocycles. The highest BCUT2D eigenvalue weighted by molar-refractivity contribution is 6.02. The predicted molar refractivity (Wildman–Crippen MR) is 112 cm³/mol. The highest BCUT2D eigenvalue weighted by Gasteiger charge is 2.39. The van der Waals surface area contributed by atoms with E-state index in [0.29, 0.717) is 47.1 Å². The van der Waals surface area contributed by atoms with Crippen LogP contribution in [0.15, 0.2) is 47.7 Å². The summed E-state index contributed by atoms with van der Waals surface area (Å²) in [6.07, 6.45) is 1.13. The number of rotatable bonds is 4. The van der Waals surface area contributed by atoms with E-state index in [1.807, 2.05) is 36.4 Å². The van der Waals surface area contributed by atoms with Crippen molar-refractivity contribution in [3.63, 3.8) is 0 Å². The first-order chi connectivity index (χ1) is 15.1. The van der Waals surface area contributed by atoms with Crippen LogP contribution in [-0.4, -0.2) is 32.7 Å². The minimum atomic E-state index is -0.293. The smallest absolute Gasteiger partial charge is 0.231 e. The molecule has 2 heterocycles. The van der Waals surface area contributed by atoms with Gasteiger partial charge in [0.15, 0.2) is 17.3 Å². The predicted octanol–water partition coefficient (Wildman–Crippen LogP) is 3.44. The van der Waals surface area contributed by atoms with Crippen molar-refractivity contribution in [1.82, 2.24) is 5.32 Å². The number of nitrogens with one attached hydrogen (secondary N) is 1. The van der Waals surface area contributed by atoms with E-state index < -0.39 is 0 Å². The third-order valence-corrected chi connectivity index (χ3v) is 6.21. The fourth-order valence-corrected chi connectivity index (χ4v) is 4.75. The van der Waals surface area contributed by atoms with Crippen LogP contribution in [-0.2, 0) is 9.59 Å². The van der Waals surface area contributed by atoms with Crippen LogP contribution in [0, 0.1) is 0 Å². The number of carbonyl (C=O) groups excluding carboxylic acids is 2. The molecule has 0 saturated heterocycles. The van der Waals surface area contributed by atoms with Gasteiger partial charge in [0.2, 0.25) is 12.7 Å². The van der Waals surface area contributed by atoms with Crippen LogP contribution in [0.25, 0.3) is 0 Å². The van der Waals surface area contributed by atoms with Gasteiger partial charge >= 0.3 is 0 Å². The Kier molecular flexibility index (Phi) is 4.81. The molecule has 1 N–H and O–H groups in total. The second kappa shape index (κ2) is 7.65. The van der Waals surface area contributed by atoms with E-state index in [1.54, 1.807) is 14.2 Å². The van der Waals surface area contributed by atoms with Gasteiger partial charge in [-0.1, -0.05) is 6.07 Å². The van der Waals surface area contributed by atoms with Gasteiger partial charge in [-0.25, -0.2) is 0 Å². The number of benzene rings is 2. The van der Waals surface area contributed by atoms with Crippen LogP contribution < -0.4 is 24.3 Å². The van der Waals surface area contributed by atoms with Crippen LogP contribution >= 0.6 is 0 Å². The summed E-state index contributed by atoms with van der Waals surface area (Å²) in [5.41, 5.74) is 3.18. The molecule has 160 valence electrons. The van der Waals surface area contributed by atoms with Gasteiger partial charge in [-0.3, -0.25) is 9.59 Å². The first-order valence-corrected chi connectivity index (χ1v) is 10.2. The van der Waals surface area contributed by atoms with E-state index >= 15 is 0 Å². The summed E-state index contributed by atoms with van der Waals surface area (Å²) in [6, 6.07) is 11.2. The SMILES string of the molecule is COc1ccc(OC)c([C@@H]2CC(=O)C3=C(C2)NC(=O)C[C@@H]3c2ccc3c(c2)OCO3)c1. The molecule has 2 aromatic carbocycles. The number of Topliss-reactive ketones (excluding diaryl/α,β-unsaturated/α-hetero) is 1. The lowest BCUT2D eigenvalue weighted by atomic mass is 9.73. The Morgan fingerprint density at radius 1 is 0.935 bits per heavy atom. The van der Waals surface area contributed by atoms with Crippen LogP contribution in [0.4, 0.5) is 0 Å². The molecule has 2 atom stereocenters. The number of allylic oxidation sites excluding steroid dienone is 2. The molecule has 0 radical (unpaired) electrons. The van der Waals surface area contributed by atoms with Gasteiger partial charge in [0, 0.05) is 41.5 Å². The summed E-state index contributed by atoms with van der Waals surface area (Å²) in [5.74, 6) is 2.29. The molecular weight excluding hydrogens is 398 g/mol. The van der Waals surface area contributed by atoms with Crippen molar-refractivity contribution in [3.05, 3.63) is 58.8 Å². The molecule has 7 nitrogen and oxygen atoms in total. The summed E-state index contributed by atoms with van der Waals surface area (Å²) < 4.78 is 21.8. The van der Waals surface area contributed by atoms with Crippen molar-refractivity contribution in [2.75, 3.05) is 21.0 Å². The Bertz CT molecular complexity index is 1110. The third kappa shape index (κ3) is 3.40. The molecule has 3 aliphatic rings. The van der Waals surface area contributed by atoms with E-state index in [1.165, 1.54) is 0 Å². The zero-order chi connectivity index (χ0) is 21.5. The van der Waals surface area contributed by atoms with Crippen molar-refractivity contribution in [3.8, 4) is 23.0 Å². The fraction of sp³-hybridized carbons (Fsp3) is 0.333. The van der Waals surface area contributed by atoms with Gasteiger partial charge in [-0.2, -0.15) is 0 Å². The second-order valence-corrected chi connectivity index (χ2v) is 7.95. The highest BCUT2D eigenvalue weighted by Crippen LogP contribution is 2.46. The number of methoxy groups -OCH3 is 2. The molecule has 7 heteroatoms. The van der Waals surface area contributed by atoms with E-state index in [2.05, 4.69) is 5.32 Å². The molecule has 0 bridgehead atoms. The Balaban J connectivity index is 1.52. The number of ketones is 1. The number of hydrogen-bond donors (Lipinski definition) is 1. The Morgan fingerprint density at radius 2 is 1.77 bits per heavy atom. The average Bonchev–Trinajstić information content (AvgIpc) is 3.25. The Hall–Kier alpha value is -3.48. The maximum Gasteiger partial charge on any atom is 0.231 e. The molecule has 2 aliphatic heterocycles. The lowest BCUT2D eigenvalue weighted by molar-refractivity contribution is -0.122. The quantitative estimate of drug-likeness (QED) is 0.814. The number of hydrogen-bond acceptors (Lipinski definition) is 6. The van der Waals surface area contributed by atoms with Crippen molar-refractivity contribution in [2.45, 2.75) is 31.1 Å². The fourth-order valence-electron chi connectivity index (χ4n) is 4.75. The molecule has 0 saturated carbocycles. The van der Waals surface area contributed by atoms with Gasteiger partial charge in [0.05, 0.1) is 14.2 Å². The molecule has 0 spiro atoms. The lowest BCUT2D eigenvalue weighted by Crippen LogP contribution is -2.38. The average molecular weight is 421 g/mol. The van der Waals surface area contributed by atoms with Gasteiger partial charge < -0.3 is 24.3 Å². The molecule has 0 aromatic heterocycles. The Morgan fingerprint density at radius 3 is 2.58 bits per heavy atom. The van der Waals surface area contributed by atoms with E-state index in [4.69, 9.17) is 18.9 Å². The van der Waals surface area contributed by atoms with Crippen LogP contribution in [0.5, 0.6) is 23.0 Å². The minimum absolute atomic E-state index is 0.0405. The van der Waals surface area contributed by atoms with E-state index in [-0.39, 0.29) is 36.7 Å². The zero-order valence-corrected chi connectivity index (χ0v) is 17.4. The summed E-state index contributed by atoms with van der Waals surface area (Å²) in [6.45, 7) is 0.181. The molecule has 0 fully saturated rings. The van der Waals surface area contributed by atoms with Gasteiger partial charge in [0.1, 0.15) is 11.5 Å². The standard InChI is InChI=1S/C24H23NO6/c1-28-15-4-6-20(29-2)16(10-15)14-7-18-24(19(26)8-14)17(11-23(27)25-18)13-3-5-21-22(9-13)31-12-30-21/h3-6,9-10,14,17H,7-8,11-12H2,1-2H3,(H,25,27)/t14-,17+/m0/s1. The number of fused-ring (bicyclic) bond motifs is 1. The molecule has 2 aromatic rings. The molecule has 1 amide bonds. The zero-order valence-electron chi connectivity index (χ0n) is 17.4. The highest BCUT2D eigenvalue weighted by atomic mass is 16.7. The molecule has 5 rings (SSSR count). The Labute approximate surface area is 179 Å². The van der Waals surface area contributed by atoms with Crippen LogP contribution in [0.3, 0.4) is 0 Å². The largest absolute Gasteiger partial charge is 0.497 e.